The standard InChI is InChI=1S/C21H25N3O4/c1-26-17-12-15(13-18(27-2)21(17)28-3)7-8-20(25)23-16-9-11-24(14-16)19-6-4-5-10-22-19/h4-8,10,12-13,16H,9,11,14H2,1-3H3,(H,23,25)/b8-7+. The van der Waals surface area contributed by atoms with Crippen LogP contribution in [0.4, 0.5) is 5.82 Å². The van der Waals surface area contributed by atoms with Gasteiger partial charge in [-0.05, 0) is 42.3 Å². The summed E-state index contributed by atoms with van der Waals surface area (Å²) in [5.74, 6) is 2.41. The quantitative estimate of drug-likeness (QED) is 0.741. The Balaban J connectivity index is 1.61. The number of benzene rings is 1. The molecule has 0 saturated carbocycles. The molecule has 1 aromatic carbocycles. The topological polar surface area (TPSA) is 72.9 Å². The van der Waals surface area contributed by atoms with Crippen LogP contribution in [0.15, 0.2) is 42.6 Å². The molecule has 1 unspecified atom stereocenters. The molecule has 1 amide bonds. The van der Waals surface area contributed by atoms with Crippen LogP contribution in [0.1, 0.15) is 12.0 Å². The van der Waals surface area contributed by atoms with Crippen molar-refractivity contribution in [3.05, 3.63) is 48.2 Å². The Kier molecular flexibility index (Phi) is 6.37. The van der Waals surface area contributed by atoms with Crippen LogP contribution in [0.25, 0.3) is 6.08 Å². The fraction of sp³-hybridized carbons (Fsp3) is 0.333. The maximum absolute atomic E-state index is 12.3. The van der Waals surface area contributed by atoms with Gasteiger partial charge in [0, 0.05) is 31.4 Å². The van der Waals surface area contributed by atoms with Crippen LogP contribution in [0.3, 0.4) is 0 Å². The van der Waals surface area contributed by atoms with E-state index in [0.29, 0.717) is 17.2 Å². The lowest BCUT2D eigenvalue weighted by Gasteiger charge is -2.17. The normalized spacial score (nSPS) is 16.2. The van der Waals surface area contributed by atoms with Crippen molar-refractivity contribution in [3.8, 4) is 17.2 Å². The van der Waals surface area contributed by atoms with Crippen LogP contribution in [0.2, 0.25) is 0 Å². The van der Waals surface area contributed by atoms with Crippen molar-refractivity contribution in [2.75, 3.05) is 39.3 Å². The summed E-state index contributed by atoms with van der Waals surface area (Å²) in [6, 6.07) is 9.53. The molecular formula is C21H25N3O4. The number of rotatable bonds is 7. The number of hydrogen-bond donors (Lipinski definition) is 1. The van der Waals surface area contributed by atoms with E-state index in [1.54, 1.807) is 45.7 Å². The predicted octanol–water partition coefficient (Wildman–Crippen LogP) is 2.52. The zero-order chi connectivity index (χ0) is 19.9. The summed E-state index contributed by atoms with van der Waals surface area (Å²) >= 11 is 0. The Bertz CT molecular complexity index is 814. The van der Waals surface area contributed by atoms with Gasteiger partial charge in [0.25, 0.3) is 0 Å². The summed E-state index contributed by atoms with van der Waals surface area (Å²) in [5.41, 5.74) is 0.784. The van der Waals surface area contributed by atoms with Crippen molar-refractivity contribution in [1.82, 2.24) is 10.3 Å². The number of nitrogens with one attached hydrogen (secondary N) is 1. The van der Waals surface area contributed by atoms with E-state index in [2.05, 4.69) is 15.2 Å². The van der Waals surface area contributed by atoms with Gasteiger partial charge in [0.1, 0.15) is 5.82 Å². The molecule has 2 aromatic rings. The van der Waals surface area contributed by atoms with Gasteiger partial charge in [-0.25, -0.2) is 4.98 Å². The lowest BCUT2D eigenvalue weighted by atomic mass is 10.1. The van der Waals surface area contributed by atoms with Crippen LogP contribution in [0, 0.1) is 0 Å². The molecule has 1 aliphatic rings. The molecule has 7 nitrogen and oxygen atoms in total. The van der Waals surface area contributed by atoms with Gasteiger partial charge < -0.3 is 24.4 Å². The molecule has 1 fully saturated rings. The molecule has 1 atom stereocenters. The molecule has 1 aromatic heterocycles. The molecule has 28 heavy (non-hydrogen) atoms. The van der Waals surface area contributed by atoms with Gasteiger partial charge in [-0.2, -0.15) is 0 Å². The lowest BCUT2D eigenvalue weighted by Crippen LogP contribution is -2.36. The highest BCUT2D eigenvalue weighted by molar-refractivity contribution is 5.92. The fourth-order valence-electron chi connectivity index (χ4n) is 3.25. The molecule has 1 aliphatic heterocycles. The van der Waals surface area contributed by atoms with Gasteiger partial charge >= 0.3 is 0 Å². The summed E-state index contributed by atoms with van der Waals surface area (Å²) in [6.45, 7) is 1.62. The predicted molar refractivity (Wildman–Crippen MR) is 108 cm³/mol. The first-order valence-corrected chi connectivity index (χ1v) is 9.09. The first kappa shape index (κ1) is 19.5. The molecule has 3 rings (SSSR count). The second-order valence-corrected chi connectivity index (χ2v) is 6.42. The zero-order valence-electron chi connectivity index (χ0n) is 16.3. The summed E-state index contributed by atoms with van der Waals surface area (Å²) in [7, 11) is 4.68. The monoisotopic (exact) mass is 383 g/mol. The van der Waals surface area contributed by atoms with Crippen molar-refractivity contribution in [1.29, 1.82) is 0 Å². The molecular weight excluding hydrogens is 358 g/mol. The first-order chi connectivity index (χ1) is 13.6. The van der Waals surface area contributed by atoms with Gasteiger partial charge in [0.15, 0.2) is 11.5 Å². The zero-order valence-corrected chi connectivity index (χ0v) is 16.3. The van der Waals surface area contributed by atoms with E-state index in [4.69, 9.17) is 14.2 Å². The highest BCUT2D eigenvalue weighted by atomic mass is 16.5. The van der Waals surface area contributed by atoms with E-state index in [-0.39, 0.29) is 11.9 Å². The lowest BCUT2D eigenvalue weighted by molar-refractivity contribution is -0.117. The number of aromatic nitrogens is 1. The van der Waals surface area contributed by atoms with Crippen LogP contribution >= 0.6 is 0 Å². The van der Waals surface area contributed by atoms with Gasteiger partial charge in [-0.1, -0.05) is 6.07 Å². The largest absolute Gasteiger partial charge is 0.493 e. The number of carbonyl (C=O) groups excluding carboxylic acids is 1. The van der Waals surface area contributed by atoms with Crippen LogP contribution in [-0.4, -0.2) is 51.4 Å². The van der Waals surface area contributed by atoms with Crippen LogP contribution in [0.5, 0.6) is 17.2 Å². The Morgan fingerprint density at radius 1 is 1.18 bits per heavy atom. The minimum Gasteiger partial charge on any atom is -0.493 e. The fourth-order valence-corrected chi connectivity index (χ4v) is 3.25. The molecule has 1 N–H and O–H groups in total. The van der Waals surface area contributed by atoms with E-state index >= 15 is 0 Å². The Labute approximate surface area is 164 Å². The number of methoxy groups -OCH3 is 3. The van der Waals surface area contributed by atoms with Crippen molar-refractivity contribution in [3.63, 3.8) is 0 Å². The summed E-state index contributed by atoms with van der Waals surface area (Å²) < 4.78 is 16.0. The van der Waals surface area contributed by atoms with Crippen molar-refractivity contribution in [2.24, 2.45) is 0 Å². The number of ether oxygens (including phenoxy) is 3. The summed E-state index contributed by atoms with van der Waals surface area (Å²) in [5, 5.41) is 3.05. The number of pyridine rings is 1. The van der Waals surface area contributed by atoms with Crippen molar-refractivity contribution in [2.45, 2.75) is 12.5 Å². The van der Waals surface area contributed by atoms with Crippen molar-refractivity contribution < 1.29 is 19.0 Å². The molecule has 1 saturated heterocycles. The maximum Gasteiger partial charge on any atom is 0.244 e. The van der Waals surface area contributed by atoms with E-state index in [1.165, 1.54) is 6.08 Å². The maximum atomic E-state index is 12.3. The van der Waals surface area contributed by atoms with Crippen molar-refractivity contribution >= 4 is 17.8 Å². The number of carbonyl (C=O) groups is 1. The third kappa shape index (κ3) is 4.54. The second-order valence-electron chi connectivity index (χ2n) is 6.42. The number of hydrogen-bond acceptors (Lipinski definition) is 6. The smallest absolute Gasteiger partial charge is 0.244 e. The van der Waals surface area contributed by atoms with Gasteiger partial charge in [-0.15, -0.1) is 0 Å². The van der Waals surface area contributed by atoms with Crippen LogP contribution < -0.4 is 24.4 Å². The molecule has 2 heterocycles. The first-order valence-electron chi connectivity index (χ1n) is 9.09. The van der Waals surface area contributed by atoms with E-state index in [1.807, 2.05) is 18.2 Å². The van der Waals surface area contributed by atoms with E-state index in [0.717, 1.165) is 30.9 Å². The second kappa shape index (κ2) is 9.12. The van der Waals surface area contributed by atoms with Crippen LogP contribution in [-0.2, 0) is 4.79 Å². The molecule has 0 spiro atoms. The number of anilines is 1. The molecule has 7 heteroatoms. The van der Waals surface area contributed by atoms with E-state index in [9.17, 15) is 4.79 Å². The highest BCUT2D eigenvalue weighted by Crippen LogP contribution is 2.38. The third-order valence-corrected chi connectivity index (χ3v) is 4.62. The van der Waals surface area contributed by atoms with E-state index < -0.39 is 0 Å². The minimum atomic E-state index is -0.137. The average Bonchev–Trinajstić information content (AvgIpc) is 3.20. The molecule has 0 aliphatic carbocycles. The Hall–Kier alpha value is -3.22. The summed E-state index contributed by atoms with van der Waals surface area (Å²) in [6.07, 6.45) is 5.91. The minimum absolute atomic E-state index is 0.0964. The number of amides is 1. The Morgan fingerprint density at radius 3 is 2.54 bits per heavy atom. The molecule has 0 bridgehead atoms. The van der Waals surface area contributed by atoms with Gasteiger partial charge in [-0.3, -0.25) is 4.79 Å². The number of nitrogens with zero attached hydrogens (tertiary/aromatic N) is 2. The SMILES string of the molecule is COc1cc(/C=C/C(=O)NC2CCN(c3ccccn3)C2)cc(OC)c1OC. The Morgan fingerprint density at radius 2 is 1.93 bits per heavy atom. The molecule has 148 valence electrons. The average molecular weight is 383 g/mol. The highest BCUT2D eigenvalue weighted by Gasteiger charge is 2.24. The summed E-state index contributed by atoms with van der Waals surface area (Å²) in [4.78, 5) is 18.9. The molecule has 0 radical (unpaired) electrons. The van der Waals surface area contributed by atoms with Gasteiger partial charge in [0.2, 0.25) is 11.7 Å². The van der Waals surface area contributed by atoms with Gasteiger partial charge in [0.05, 0.1) is 21.3 Å². The third-order valence-electron chi connectivity index (χ3n) is 4.62.